The van der Waals surface area contributed by atoms with Crippen LogP contribution in [0.2, 0.25) is 0 Å². The normalized spacial score (nSPS) is 14.5. The van der Waals surface area contributed by atoms with E-state index in [0.29, 0.717) is 5.56 Å². The standard InChI is InChI=1S/C30H25F2N5O/c1-20-26-19-36(30(38)33-18-21-12-14-23(31)15-13-21)28(22-7-5-8-24(32)17-22)27-11-6-16-35(27)29(26)37(34-20)25-9-3-2-4-10-25/h2-17,28H,18-19H2,1H3,(H,33,38)/t28-/m1/s1. The van der Waals surface area contributed by atoms with Gasteiger partial charge in [-0.05, 0) is 66.6 Å². The van der Waals surface area contributed by atoms with Gasteiger partial charge in [0.05, 0.1) is 29.7 Å². The van der Waals surface area contributed by atoms with Gasteiger partial charge in [-0.1, -0.05) is 42.5 Å². The first kappa shape index (κ1) is 23.7. The predicted octanol–water partition coefficient (Wildman–Crippen LogP) is 6.06. The van der Waals surface area contributed by atoms with Crippen LogP contribution < -0.4 is 5.32 Å². The Hall–Kier alpha value is -4.72. The highest BCUT2D eigenvalue weighted by Crippen LogP contribution is 2.38. The predicted molar refractivity (Wildman–Crippen MR) is 140 cm³/mol. The quantitative estimate of drug-likeness (QED) is 0.320. The minimum atomic E-state index is -0.565. The van der Waals surface area contributed by atoms with Crippen LogP contribution in [0.15, 0.2) is 97.2 Å². The molecule has 1 atom stereocenters. The number of aromatic nitrogens is 3. The van der Waals surface area contributed by atoms with Gasteiger partial charge in [-0.3, -0.25) is 0 Å². The smallest absolute Gasteiger partial charge is 0.318 e. The first-order valence-electron chi connectivity index (χ1n) is 12.4. The molecule has 3 aromatic carbocycles. The molecule has 1 N–H and O–H groups in total. The van der Waals surface area contributed by atoms with Crippen molar-refractivity contribution in [3.8, 4) is 11.5 Å². The van der Waals surface area contributed by atoms with Gasteiger partial charge in [-0.25, -0.2) is 18.3 Å². The van der Waals surface area contributed by atoms with Crippen LogP contribution in [0.3, 0.4) is 0 Å². The average Bonchev–Trinajstić information content (AvgIpc) is 3.49. The van der Waals surface area contributed by atoms with Gasteiger partial charge in [-0.15, -0.1) is 0 Å². The molecular weight excluding hydrogens is 484 g/mol. The molecule has 6 nitrogen and oxygen atoms in total. The zero-order valence-corrected chi connectivity index (χ0v) is 20.7. The van der Waals surface area contributed by atoms with E-state index in [1.807, 2.05) is 70.9 Å². The number of urea groups is 1. The van der Waals surface area contributed by atoms with Crippen molar-refractivity contribution in [2.45, 2.75) is 26.1 Å². The summed E-state index contributed by atoms with van der Waals surface area (Å²) in [5, 5.41) is 7.81. The Labute approximate surface area is 218 Å². The molecule has 3 heterocycles. The second kappa shape index (κ2) is 9.63. The second-order valence-corrected chi connectivity index (χ2v) is 9.31. The third kappa shape index (κ3) is 4.24. The molecule has 5 aromatic rings. The van der Waals surface area contributed by atoms with Gasteiger partial charge >= 0.3 is 6.03 Å². The summed E-state index contributed by atoms with van der Waals surface area (Å²) in [6, 6.07) is 25.2. The fourth-order valence-corrected chi connectivity index (χ4v) is 5.06. The molecular formula is C30H25F2N5O. The number of para-hydroxylation sites is 1. The largest absolute Gasteiger partial charge is 0.334 e. The Bertz CT molecular complexity index is 1610. The van der Waals surface area contributed by atoms with Crippen molar-refractivity contribution in [3.05, 3.63) is 137 Å². The Kier molecular flexibility index (Phi) is 5.99. The molecule has 190 valence electrons. The van der Waals surface area contributed by atoms with Crippen LogP contribution in [0.4, 0.5) is 13.6 Å². The van der Waals surface area contributed by atoms with Gasteiger partial charge in [-0.2, -0.15) is 5.10 Å². The number of halogens is 2. The van der Waals surface area contributed by atoms with Gasteiger partial charge in [0.1, 0.15) is 17.5 Å². The topological polar surface area (TPSA) is 55.1 Å². The lowest BCUT2D eigenvalue weighted by atomic mass is 10.0. The van der Waals surface area contributed by atoms with E-state index in [1.54, 1.807) is 23.1 Å². The molecule has 0 bridgehead atoms. The highest BCUT2D eigenvalue weighted by Gasteiger charge is 2.36. The maximum absolute atomic E-state index is 14.4. The molecule has 2 amide bonds. The SMILES string of the molecule is Cc1nn(-c2ccccc2)c2c1CN(C(=O)NCc1ccc(F)cc1)[C@H](c1cccc(F)c1)c1cccn1-2. The van der Waals surface area contributed by atoms with E-state index in [9.17, 15) is 13.6 Å². The summed E-state index contributed by atoms with van der Waals surface area (Å²) < 4.78 is 31.7. The third-order valence-electron chi connectivity index (χ3n) is 6.87. The van der Waals surface area contributed by atoms with Crippen molar-refractivity contribution in [1.29, 1.82) is 0 Å². The van der Waals surface area contributed by atoms with E-state index in [4.69, 9.17) is 5.10 Å². The Morgan fingerprint density at radius 3 is 2.50 bits per heavy atom. The van der Waals surface area contributed by atoms with Crippen LogP contribution in [-0.2, 0) is 13.1 Å². The number of carbonyl (C=O) groups is 1. The number of fused-ring (bicyclic) bond motifs is 3. The van der Waals surface area contributed by atoms with E-state index < -0.39 is 6.04 Å². The number of nitrogens with one attached hydrogen (secondary N) is 1. The summed E-state index contributed by atoms with van der Waals surface area (Å²) in [7, 11) is 0. The van der Waals surface area contributed by atoms with Crippen LogP contribution in [0.1, 0.15) is 34.1 Å². The van der Waals surface area contributed by atoms with Crippen LogP contribution >= 0.6 is 0 Å². The van der Waals surface area contributed by atoms with Crippen molar-refractivity contribution < 1.29 is 13.6 Å². The Balaban J connectivity index is 1.47. The van der Waals surface area contributed by atoms with E-state index in [1.165, 1.54) is 24.3 Å². The van der Waals surface area contributed by atoms with E-state index in [-0.39, 0.29) is 30.8 Å². The molecule has 0 unspecified atom stereocenters. The van der Waals surface area contributed by atoms with Gasteiger partial charge in [0.25, 0.3) is 0 Å². The number of carbonyl (C=O) groups excluding carboxylic acids is 1. The lowest BCUT2D eigenvalue weighted by Crippen LogP contribution is -2.41. The number of aryl methyl sites for hydroxylation is 1. The molecule has 38 heavy (non-hydrogen) atoms. The molecule has 0 saturated heterocycles. The van der Waals surface area contributed by atoms with Gasteiger partial charge in [0.15, 0.2) is 0 Å². The minimum absolute atomic E-state index is 0.224. The number of benzene rings is 3. The molecule has 8 heteroatoms. The number of hydrogen-bond donors (Lipinski definition) is 1. The van der Waals surface area contributed by atoms with E-state index in [0.717, 1.165) is 34.0 Å². The molecule has 0 saturated carbocycles. The van der Waals surface area contributed by atoms with E-state index in [2.05, 4.69) is 5.32 Å². The fraction of sp³-hybridized carbons (Fsp3) is 0.133. The van der Waals surface area contributed by atoms with Crippen molar-refractivity contribution in [1.82, 2.24) is 24.6 Å². The molecule has 0 fully saturated rings. The minimum Gasteiger partial charge on any atom is -0.334 e. The van der Waals surface area contributed by atoms with Crippen LogP contribution in [0, 0.1) is 18.6 Å². The van der Waals surface area contributed by atoms with Crippen LogP contribution in [0.5, 0.6) is 0 Å². The first-order valence-corrected chi connectivity index (χ1v) is 12.4. The summed E-state index contributed by atoms with van der Waals surface area (Å²) in [6.45, 7) is 2.41. The van der Waals surface area contributed by atoms with Gasteiger partial charge in [0, 0.05) is 18.3 Å². The molecule has 1 aliphatic heterocycles. The second-order valence-electron chi connectivity index (χ2n) is 9.31. The Morgan fingerprint density at radius 1 is 0.947 bits per heavy atom. The summed E-state index contributed by atoms with van der Waals surface area (Å²) in [6.07, 6.45) is 1.95. The van der Waals surface area contributed by atoms with Crippen LogP contribution in [-0.4, -0.2) is 25.3 Å². The maximum Gasteiger partial charge on any atom is 0.318 e. The zero-order chi connectivity index (χ0) is 26.2. The molecule has 0 radical (unpaired) electrons. The zero-order valence-electron chi connectivity index (χ0n) is 20.7. The Morgan fingerprint density at radius 2 is 1.74 bits per heavy atom. The number of amides is 2. The van der Waals surface area contributed by atoms with Crippen molar-refractivity contribution in [3.63, 3.8) is 0 Å². The molecule has 0 spiro atoms. The lowest BCUT2D eigenvalue weighted by molar-refractivity contribution is 0.180. The molecule has 2 aromatic heterocycles. The van der Waals surface area contributed by atoms with Crippen molar-refractivity contribution in [2.75, 3.05) is 0 Å². The highest BCUT2D eigenvalue weighted by molar-refractivity contribution is 5.76. The first-order chi connectivity index (χ1) is 18.5. The number of nitrogens with zero attached hydrogens (tertiary/aromatic N) is 4. The summed E-state index contributed by atoms with van der Waals surface area (Å²) >= 11 is 0. The summed E-state index contributed by atoms with van der Waals surface area (Å²) in [4.78, 5) is 15.5. The monoisotopic (exact) mass is 509 g/mol. The molecule has 1 aliphatic rings. The molecule has 0 aliphatic carbocycles. The summed E-state index contributed by atoms with van der Waals surface area (Å²) in [5.41, 5.74) is 4.82. The maximum atomic E-state index is 14.4. The highest BCUT2D eigenvalue weighted by atomic mass is 19.1. The third-order valence-corrected chi connectivity index (χ3v) is 6.87. The average molecular weight is 510 g/mol. The van der Waals surface area contributed by atoms with Crippen molar-refractivity contribution >= 4 is 6.03 Å². The number of rotatable bonds is 4. The fourth-order valence-electron chi connectivity index (χ4n) is 5.06. The van der Waals surface area contributed by atoms with Crippen LogP contribution in [0.25, 0.3) is 11.5 Å². The van der Waals surface area contributed by atoms with E-state index >= 15 is 0 Å². The molecule has 6 rings (SSSR count). The van der Waals surface area contributed by atoms with Gasteiger partial charge in [0.2, 0.25) is 0 Å². The van der Waals surface area contributed by atoms with Crippen molar-refractivity contribution in [2.24, 2.45) is 0 Å². The van der Waals surface area contributed by atoms with Gasteiger partial charge < -0.3 is 14.8 Å². The lowest BCUT2D eigenvalue weighted by Gasteiger charge is -2.31. The number of hydrogen-bond acceptors (Lipinski definition) is 2. The summed E-state index contributed by atoms with van der Waals surface area (Å²) in [5.74, 6) is 0.127.